The van der Waals surface area contributed by atoms with Gasteiger partial charge in [-0.1, -0.05) is 48.6 Å². The highest BCUT2D eigenvalue weighted by atomic mass is 16.6. The molecule has 2 unspecified atom stereocenters. The molecule has 0 spiro atoms. The Labute approximate surface area is 172 Å². The molecule has 4 heteroatoms. The van der Waals surface area contributed by atoms with Crippen molar-refractivity contribution in [1.82, 2.24) is 0 Å². The molecule has 152 valence electrons. The lowest BCUT2D eigenvalue weighted by atomic mass is 9.66. The zero-order valence-corrected chi connectivity index (χ0v) is 17.1. The first-order chi connectivity index (χ1) is 14.0. The summed E-state index contributed by atoms with van der Waals surface area (Å²) < 4.78 is 22.0. The molecule has 0 radical (unpaired) electrons. The first-order valence-electron chi connectivity index (χ1n) is 10.0. The van der Waals surface area contributed by atoms with Crippen LogP contribution >= 0.6 is 0 Å². The van der Waals surface area contributed by atoms with Crippen LogP contribution in [0.2, 0.25) is 0 Å². The number of rotatable bonds is 10. The summed E-state index contributed by atoms with van der Waals surface area (Å²) in [4.78, 5) is 0. The van der Waals surface area contributed by atoms with Crippen molar-refractivity contribution < 1.29 is 18.9 Å². The van der Waals surface area contributed by atoms with Crippen LogP contribution in [-0.2, 0) is 14.9 Å². The molecule has 0 aliphatic carbocycles. The molecule has 0 N–H and O–H groups in total. The van der Waals surface area contributed by atoms with Crippen molar-refractivity contribution in [3.8, 4) is 11.5 Å². The molecule has 2 aliphatic rings. The van der Waals surface area contributed by atoms with Crippen LogP contribution in [0.3, 0.4) is 0 Å². The molecule has 2 heterocycles. The monoisotopic (exact) mass is 392 g/mol. The van der Waals surface area contributed by atoms with Crippen molar-refractivity contribution in [2.75, 3.05) is 26.4 Å². The van der Waals surface area contributed by atoms with Gasteiger partial charge in [-0.2, -0.15) is 0 Å². The van der Waals surface area contributed by atoms with E-state index in [9.17, 15) is 0 Å². The lowest BCUT2D eigenvalue weighted by Crippen LogP contribution is -2.30. The number of epoxide rings is 2. The average molecular weight is 392 g/mol. The van der Waals surface area contributed by atoms with Gasteiger partial charge in [-0.05, 0) is 49.2 Å². The lowest BCUT2D eigenvalue weighted by molar-refractivity contribution is 0.263. The smallest absolute Gasteiger partial charge is 0.119 e. The quantitative estimate of drug-likeness (QED) is 0.435. The van der Waals surface area contributed by atoms with Gasteiger partial charge in [0, 0.05) is 0 Å². The van der Waals surface area contributed by atoms with Crippen molar-refractivity contribution in [2.24, 2.45) is 0 Å². The van der Waals surface area contributed by atoms with E-state index in [1.807, 2.05) is 24.3 Å². The molecule has 2 saturated heterocycles. The highest BCUT2D eigenvalue weighted by Crippen LogP contribution is 2.44. The van der Waals surface area contributed by atoms with Gasteiger partial charge in [-0.25, -0.2) is 0 Å². The van der Waals surface area contributed by atoms with Gasteiger partial charge < -0.3 is 18.9 Å². The summed E-state index contributed by atoms with van der Waals surface area (Å²) in [6.45, 7) is 15.5. The maximum atomic E-state index is 5.79. The highest BCUT2D eigenvalue weighted by Gasteiger charge is 2.36. The predicted molar refractivity (Wildman–Crippen MR) is 114 cm³/mol. The summed E-state index contributed by atoms with van der Waals surface area (Å²) >= 11 is 0. The summed E-state index contributed by atoms with van der Waals surface area (Å²) in [6, 6.07) is 16.4. The molecule has 2 aromatic carbocycles. The Hall–Kier alpha value is -2.56. The standard InChI is InChI=1S/C25H28O4/c1-17(2)25(18(3)4,19-5-9-21(10-6-19)26-13-23-15-28-23)20-7-11-22(12-8-20)27-14-24-16-29-24/h5-12,23-24H,1,3,13-16H2,2,4H3. The van der Waals surface area contributed by atoms with Crippen LogP contribution in [0.25, 0.3) is 0 Å². The van der Waals surface area contributed by atoms with Gasteiger partial charge in [0.05, 0.1) is 18.6 Å². The molecule has 4 rings (SSSR count). The summed E-state index contributed by atoms with van der Waals surface area (Å²) in [5, 5.41) is 0. The van der Waals surface area contributed by atoms with Gasteiger partial charge >= 0.3 is 0 Å². The van der Waals surface area contributed by atoms with E-state index in [4.69, 9.17) is 18.9 Å². The third-order valence-electron chi connectivity index (χ3n) is 5.53. The van der Waals surface area contributed by atoms with E-state index in [0.717, 1.165) is 47.0 Å². The van der Waals surface area contributed by atoms with Gasteiger partial charge in [0.25, 0.3) is 0 Å². The van der Waals surface area contributed by atoms with E-state index in [1.54, 1.807) is 0 Å². The van der Waals surface area contributed by atoms with E-state index in [0.29, 0.717) is 13.2 Å². The summed E-state index contributed by atoms with van der Waals surface area (Å²) in [5.74, 6) is 1.68. The predicted octanol–water partition coefficient (Wildman–Crippen LogP) is 4.68. The molecular formula is C25H28O4. The van der Waals surface area contributed by atoms with Gasteiger partial charge in [0.1, 0.15) is 36.9 Å². The number of hydrogen-bond acceptors (Lipinski definition) is 4. The molecule has 2 fully saturated rings. The SMILES string of the molecule is C=C(C)C(C(=C)C)(c1ccc(OCC2CO2)cc1)c1ccc(OCC2CO2)cc1. The molecule has 4 nitrogen and oxygen atoms in total. The Morgan fingerprint density at radius 2 is 1.14 bits per heavy atom. The summed E-state index contributed by atoms with van der Waals surface area (Å²) in [7, 11) is 0. The van der Waals surface area contributed by atoms with Gasteiger partial charge in [-0.15, -0.1) is 0 Å². The summed E-state index contributed by atoms with van der Waals surface area (Å²) in [5.41, 5.74) is 3.80. The van der Waals surface area contributed by atoms with Crippen LogP contribution in [0.5, 0.6) is 11.5 Å². The van der Waals surface area contributed by atoms with E-state index < -0.39 is 5.41 Å². The van der Waals surface area contributed by atoms with Crippen LogP contribution in [0, 0.1) is 0 Å². The number of hydrogen-bond donors (Lipinski definition) is 0. The largest absolute Gasteiger partial charge is 0.491 e. The third kappa shape index (κ3) is 4.24. The normalized spacial score (nSPS) is 20.1. The van der Waals surface area contributed by atoms with E-state index in [-0.39, 0.29) is 12.2 Å². The Morgan fingerprint density at radius 3 is 1.41 bits per heavy atom. The van der Waals surface area contributed by atoms with E-state index in [2.05, 4.69) is 51.3 Å². The molecular weight excluding hydrogens is 364 g/mol. The van der Waals surface area contributed by atoms with Crippen LogP contribution in [0.4, 0.5) is 0 Å². The molecule has 2 aromatic rings. The minimum atomic E-state index is -0.476. The van der Waals surface area contributed by atoms with Gasteiger partial charge in [-0.3, -0.25) is 0 Å². The fourth-order valence-electron chi connectivity index (χ4n) is 3.83. The Bertz CT molecular complexity index is 799. The molecule has 0 bridgehead atoms. The Kier molecular flexibility index (Phi) is 5.48. The minimum Gasteiger partial charge on any atom is -0.491 e. The second kappa shape index (κ2) is 8.05. The van der Waals surface area contributed by atoms with Crippen LogP contribution in [-0.4, -0.2) is 38.6 Å². The van der Waals surface area contributed by atoms with Crippen molar-refractivity contribution in [3.63, 3.8) is 0 Å². The second-order valence-electron chi connectivity index (χ2n) is 7.89. The second-order valence-corrected chi connectivity index (χ2v) is 7.89. The zero-order chi connectivity index (χ0) is 20.4. The molecule has 2 aliphatic heterocycles. The number of allylic oxidation sites excluding steroid dienone is 2. The van der Waals surface area contributed by atoms with Crippen molar-refractivity contribution in [3.05, 3.63) is 84.0 Å². The highest BCUT2D eigenvalue weighted by molar-refractivity contribution is 5.56. The molecule has 2 atom stereocenters. The van der Waals surface area contributed by atoms with E-state index in [1.165, 1.54) is 0 Å². The van der Waals surface area contributed by atoms with Crippen molar-refractivity contribution in [2.45, 2.75) is 31.5 Å². The van der Waals surface area contributed by atoms with Gasteiger partial charge in [0.2, 0.25) is 0 Å². The average Bonchev–Trinajstić information content (AvgIpc) is 3.62. The fourth-order valence-corrected chi connectivity index (χ4v) is 3.83. The topological polar surface area (TPSA) is 43.5 Å². The molecule has 0 amide bonds. The van der Waals surface area contributed by atoms with Crippen molar-refractivity contribution in [1.29, 1.82) is 0 Å². The summed E-state index contributed by atoms with van der Waals surface area (Å²) in [6.07, 6.45) is 0.485. The Balaban J connectivity index is 1.60. The maximum Gasteiger partial charge on any atom is 0.119 e. The molecule has 0 aromatic heterocycles. The third-order valence-corrected chi connectivity index (χ3v) is 5.53. The maximum absolute atomic E-state index is 5.79. The lowest BCUT2D eigenvalue weighted by Gasteiger charge is -2.37. The van der Waals surface area contributed by atoms with Crippen LogP contribution in [0.1, 0.15) is 25.0 Å². The number of ether oxygens (including phenoxy) is 4. The zero-order valence-electron chi connectivity index (χ0n) is 17.1. The van der Waals surface area contributed by atoms with Crippen LogP contribution in [0.15, 0.2) is 72.8 Å². The fraction of sp³-hybridized carbons (Fsp3) is 0.360. The molecule has 0 saturated carbocycles. The molecule has 29 heavy (non-hydrogen) atoms. The first kappa shape index (κ1) is 19.7. The minimum absolute atomic E-state index is 0.242. The number of benzene rings is 2. The van der Waals surface area contributed by atoms with Crippen molar-refractivity contribution >= 4 is 0 Å². The Morgan fingerprint density at radius 1 is 0.793 bits per heavy atom. The van der Waals surface area contributed by atoms with Crippen LogP contribution < -0.4 is 9.47 Å². The first-order valence-corrected chi connectivity index (χ1v) is 10.0. The van der Waals surface area contributed by atoms with Gasteiger partial charge in [0.15, 0.2) is 0 Å². The van der Waals surface area contributed by atoms with E-state index >= 15 is 0 Å².